The van der Waals surface area contributed by atoms with Crippen molar-refractivity contribution < 1.29 is 13.9 Å². The zero-order valence-corrected chi connectivity index (χ0v) is 12.2. The van der Waals surface area contributed by atoms with Crippen LogP contribution in [-0.4, -0.2) is 30.0 Å². The zero-order valence-electron chi connectivity index (χ0n) is 12.2. The molecule has 1 unspecified atom stereocenters. The standard InChI is InChI=1S/C16H20N2O3/c1-19-15(12-5-2-3-6-12)10-20-14-8-4-7-13(9-14)16-18-17-11-21-16/h4,7-9,11-12,15H,2-3,5-6,10H2,1H3. The van der Waals surface area contributed by atoms with Crippen molar-refractivity contribution in [3.05, 3.63) is 30.7 Å². The topological polar surface area (TPSA) is 57.4 Å². The lowest BCUT2D eigenvalue weighted by atomic mass is 10.0. The largest absolute Gasteiger partial charge is 0.491 e. The summed E-state index contributed by atoms with van der Waals surface area (Å²) in [6, 6.07) is 7.69. The molecule has 21 heavy (non-hydrogen) atoms. The summed E-state index contributed by atoms with van der Waals surface area (Å²) in [5.41, 5.74) is 0.861. The summed E-state index contributed by atoms with van der Waals surface area (Å²) < 4.78 is 16.7. The summed E-state index contributed by atoms with van der Waals surface area (Å²) in [7, 11) is 1.77. The van der Waals surface area contributed by atoms with E-state index in [9.17, 15) is 0 Å². The van der Waals surface area contributed by atoms with Crippen molar-refractivity contribution in [2.24, 2.45) is 5.92 Å². The van der Waals surface area contributed by atoms with Crippen LogP contribution in [-0.2, 0) is 4.74 Å². The highest BCUT2D eigenvalue weighted by molar-refractivity contribution is 5.55. The molecule has 0 saturated heterocycles. The lowest BCUT2D eigenvalue weighted by Gasteiger charge is -2.22. The first-order valence-electron chi connectivity index (χ1n) is 7.39. The smallest absolute Gasteiger partial charge is 0.247 e. The molecule has 1 fully saturated rings. The zero-order chi connectivity index (χ0) is 14.5. The van der Waals surface area contributed by atoms with Gasteiger partial charge in [-0.3, -0.25) is 0 Å². The molecule has 0 radical (unpaired) electrons. The Balaban J connectivity index is 1.63. The lowest BCUT2D eigenvalue weighted by molar-refractivity contribution is 0.0173. The van der Waals surface area contributed by atoms with E-state index in [2.05, 4.69) is 10.2 Å². The van der Waals surface area contributed by atoms with Gasteiger partial charge in [-0.15, -0.1) is 10.2 Å². The first-order valence-corrected chi connectivity index (χ1v) is 7.39. The highest BCUT2D eigenvalue weighted by atomic mass is 16.5. The number of aromatic nitrogens is 2. The Hall–Kier alpha value is -1.88. The quantitative estimate of drug-likeness (QED) is 0.816. The number of hydrogen-bond donors (Lipinski definition) is 0. The van der Waals surface area contributed by atoms with E-state index in [-0.39, 0.29) is 6.10 Å². The van der Waals surface area contributed by atoms with E-state index < -0.39 is 0 Å². The van der Waals surface area contributed by atoms with Gasteiger partial charge in [0, 0.05) is 12.7 Å². The van der Waals surface area contributed by atoms with Gasteiger partial charge < -0.3 is 13.9 Å². The van der Waals surface area contributed by atoms with Gasteiger partial charge >= 0.3 is 0 Å². The maximum atomic E-state index is 5.90. The molecule has 0 aliphatic heterocycles. The van der Waals surface area contributed by atoms with Gasteiger partial charge in [0.2, 0.25) is 12.3 Å². The van der Waals surface area contributed by atoms with Crippen LogP contribution < -0.4 is 4.74 Å². The van der Waals surface area contributed by atoms with Crippen LogP contribution >= 0.6 is 0 Å². The van der Waals surface area contributed by atoms with Gasteiger partial charge in [-0.1, -0.05) is 18.9 Å². The molecule has 1 heterocycles. The van der Waals surface area contributed by atoms with Crippen molar-refractivity contribution >= 4 is 0 Å². The molecule has 5 heteroatoms. The van der Waals surface area contributed by atoms with Crippen LogP contribution in [0.1, 0.15) is 25.7 Å². The number of rotatable bonds is 6. The first-order chi connectivity index (χ1) is 10.4. The molecule has 1 aromatic heterocycles. The van der Waals surface area contributed by atoms with Gasteiger partial charge in [-0.2, -0.15) is 0 Å². The molecule has 0 spiro atoms. The normalized spacial score (nSPS) is 17.0. The first kappa shape index (κ1) is 14.1. The maximum absolute atomic E-state index is 5.90. The summed E-state index contributed by atoms with van der Waals surface area (Å²) in [5.74, 6) is 1.92. The van der Waals surface area contributed by atoms with Crippen molar-refractivity contribution in [2.45, 2.75) is 31.8 Å². The predicted octanol–water partition coefficient (Wildman–Crippen LogP) is 3.32. The Morgan fingerprint density at radius 3 is 2.90 bits per heavy atom. The Morgan fingerprint density at radius 1 is 1.33 bits per heavy atom. The van der Waals surface area contributed by atoms with E-state index in [1.165, 1.54) is 32.1 Å². The van der Waals surface area contributed by atoms with Gasteiger partial charge in [0.1, 0.15) is 12.4 Å². The van der Waals surface area contributed by atoms with Crippen LogP contribution in [0.3, 0.4) is 0 Å². The van der Waals surface area contributed by atoms with Crippen molar-refractivity contribution in [3.63, 3.8) is 0 Å². The second kappa shape index (κ2) is 6.72. The summed E-state index contributed by atoms with van der Waals surface area (Å²) in [5, 5.41) is 7.60. The summed E-state index contributed by atoms with van der Waals surface area (Å²) in [4.78, 5) is 0. The van der Waals surface area contributed by atoms with E-state index in [0.717, 1.165) is 11.3 Å². The third-order valence-electron chi connectivity index (χ3n) is 4.08. The van der Waals surface area contributed by atoms with Crippen molar-refractivity contribution in [1.82, 2.24) is 10.2 Å². The number of ether oxygens (including phenoxy) is 2. The second-order valence-corrected chi connectivity index (χ2v) is 5.40. The molecule has 1 aliphatic rings. The minimum Gasteiger partial charge on any atom is -0.491 e. The third-order valence-corrected chi connectivity index (χ3v) is 4.08. The van der Waals surface area contributed by atoms with Gasteiger partial charge in [0.25, 0.3) is 0 Å². The Kier molecular flexibility index (Phi) is 4.50. The molecule has 0 bridgehead atoms. The molecule has 0 amide bonds. The molecule has 5 nitrogen and oxygen atoms in total. The minimum atomic E-state index is 0.166. The lowest BCUT2D eigenvalue weighted by Crippen LogP contribution is -2.27. The van der Waals surface area contributed by atoms with E-state index in [1.807, 2.05) is 24.3 Å². The van der Waals surface area contributed by atoms with Crippen molar-refractivity contribution in [1.29, 1.82) is 0 Å². The Bertz CT molecular complexity index is 550. The molecule has 1 aliphatic carbocycles. The molecular formula is C16H20N2O3. The highest BCUT2D eigenvalue weighted by Gasteiger charge is 2.25. The molecular weight excluding hydrogens is 268 g/mol. The van der Waals surface area contributed by atoms with Crippen LogP contribution in [0.4, 0.5) is 0 Å². The van der Waals surface area contributed by atoms with E-state index in [4.69, 9.17) is 13.9 Å². The minimum absolute atomic E-state index is 0.166. The number of hydrogen-bond acceptors (Lipinski definition) is 5. The molecule has 1 aromatic carbocycles. The van der Waals surface area contributed by atoms with Crippen LogP contribution in [0.2, 0.25) is 0 Å². The van der Waals surface area contributed by atoms with Crippen molar-refractivity contribution in [3.8, 4) is 17.2 Å². The van der Waals surface area contributed by atoms with Crippen LogP contribution in [0.15, 0.2) is 35.1 Å². The van der Waals surface area contributed by atoms with E-state index >= 15 is 0 Å². The Labute approximate surface area is 124 Å². The van der Waals surface area contributed by atoms with Gasteiger partial charge in [0.15, 0.2) is 0 Å². The van der Waals surface area contributed by atoms with Gasteiger partial charge in [-0.05, 0) is 37.0 Å². The third kappa shape index (κ3) is 3.42. The predicted molar refractivity (Wildman–Crippen MR) is 78.0 cm³/mol. The van der Waals surface area contributed by atoms with Crippen LogP contribution in [0.25, 0.3) is 11.5 Å². The van der Waals surface area contributed by atoms with Crippen LogP contribution in [0.5, 0.6) is 5.75 Å². The fourth-order valence-corrected chi connectivity index (χ4v) is 2.92. The fraction of sp³-hybridized carbons (Fsp3) is 0.500. The number of benzene rings is 1. The van der Waals surface area contributed by atoms with Gasteiger partial charge in [-0.25, -0.2) is 0 Å². The summed E-state index contributed by atoms with van der Waals surface area (Å²) >= 11 is 0. The van der Waals surface area contributed by atoms with Crippen LogP contribution in [0, 0.1) is 5.92 Å². The summed E-state index contributed by atoms with van der Waals surface area (Å²) in [6.07, 6.45) is 6.58. The molecule has 112 valence electrons. The van der Waals surface area contributed by atoms with Gasteiger partial charge in [0.05, 0.1) is 6.10 Å². The Morgan fingerprint density at radius 2 is 2.19 bits per heavy atom. The number of methoxy groups -OCH3 is 1. The molecule has 2 aromatic rings. The average Bonchev–Trinajstić information content (AvgIpc) is 3.22. The van der Waals surface area contributed by atoms with E-state index in [1.54, 1.807) is 7.11 Å². The van der Waals surface area contributed by atoms with E-state index in [0.29, 0.717) is 18.4 Å². The average molecular weight is 288 g/mol. The molecule has 1 saturated carbocycles. The van der Waals surface area contributed by atoms with Crippen molar-refractivity contribution in [2.75, 3.05) is 13.7 Å². The second-order valence-electron chi connectivity index (χ2n) is 5.40. The summed E-state index contributed by atoms with van der Waals surface area (Å²) in [6.45, 7) is 0.578. The molecule has 1 atom stereocenters. The maximum Gasteiger partial charge on any atom is 0.247 e. The molecule has 3 rings (SSSR count). The fourth-order valence-electron chi connectivity index (χ4n) is 2.92. The highest BCUT2D eigenvalue weighted by Crippen LogP contribution is 2.30. The number of nitrogens with zero attached hydrogens (tertiary/aromatic N) is 2. The molecule has 0 N–H and O–H groups in total. The SMILES string of the molecule is COC(COc1cccc(-c2nnco2)c1)C1CCCC1. The monoisotopic (exact) mass is 288 g/mol.